The van der Waals surface area contributed by atoms with Gasteiger partial charge in [-0.05, 0) is 39.2 Å². The summed E-state index contributed by atoms with van der Waals surface area (Å²) < 4.78 is 11.0. The fraction of sp³-hybridized carbons (Fsp3) is 0.562. The Morgan fingerprint density at radius 3 is 2.84 bits per heavy atom. The van der Waals surface area contributed by atoms with Gasteiger partial charge in [0.2, 0.25) is 0 Å². The van der Waals surface area contributed by atoms with Crippen LogP contribution in [0, 0.1) is 6.92 Å². The van der Waals surface area contributed by atoms with Crippen molar-refractivity contribution in [2.45, 2.75) is 45.1 Å². The number of methoxy groups -OCH3 is 1. The summed E-state index contributed by atoms with van der Waals surface area (Å²) in [5, 5.41) is 0. The van der Waals surface area contributed by atoms with Gasteiger partial charge in [0.1, 0.15) is 11.4 Å². The molecule has 0 bridgehead atoms. The molecule has 1 aromatic carbocycles. The summed E-state index contributed by atoms with van der Waals surface area (Å²) in [6, 6.07) is 5.93. The maximum atomic E-state index is 12.5. The summed E-state index contributed by atoms with van der Waals surface area (Å²) in [4.78, 5) is 12.5. The van der Waals surface area contributed by atoms with Crippen LogP contribution in [0.15, 0.2) is 18.2 Å². The van der Waals surface area contributed by atoms with E-state index in [0.29, 0.717) is 13.0 Å². The van der Waals surface area contributed by atoms with Crippen LogP contribution in [0.5, 0.6) is 5.75 Å². The molecule has 1 aromatic rings. The Morgan fingerprint density at radius 1 is 1.42 bits per heavy atom. The standard InChI is InChI=1S/C16H22O3/c1-12-6-7-14(18-3)13(10-12)11-15(17)16(2)8-4-5-9-19-16/h6-7,10H,4-5,8-9,11H2,1-3H3. The number of ketones is 1. The molecule has 1 heterocycles. The molecule has 1 fully saturated rings. The second-order valence-electron chi connectivity index (χ2n) is 5.45. The number of carbonyl (C=O) groups is 1. The third-order valence-electron chi connectivity index (χ3n) is 3.85. The largest absolute Gasteiger partial charge is 0.496 e. The molecule has 1 unspecified atom stereocenters. The maximum absolute atomic E-state index is 12.5. The SMILES string of the molecule is COc1ccc(C)cc1CC(=O)C1(C)CCCCO1. The van der Waals surface area contributed by atoms with Crippen LogP contribution in [0.25, 0.3) is 0 Å². The number of aryl methyl sites for hydroxylation is 1. The van der Waals surface area contributed by atoms with Crippen LogP contribution < -0.4 is 4.74 Å². The number of carbonyl (C=O) groups excluding carboxylic acids is 1. The molecular formula is C16H22O3. The molecule has 1 atom stereocenters. The predicted octanol–water partition coefficient (Wildman–Crippen LogP) is 3.07. The molecule has 0 spiro atoms. The lowest BCUT2D eigenvalue weighted by Gasteiger charge is -2.32. The van der Waals surface area contributed by atoms with E-state index in [-0.39, 0.29) is 5.78 Å². The van der Waals surface area contributed by atoms with Crippen LogP contribution in [0.2, 0.25) is 0 Å². The number of benzene rings is 1. The molecule has 1 saturated heterocycles. The summed E-state index contributed by atoms with van der Waals surface area (Å²) in [5.41, 5.74) is 1.47. The van der Waals surface area contributed by atoms with Crippen LogP contribution in [0.1, 0.15) is 37.3 Å². The molecule has 1 aliphatic heterocycles. The maximum Gasteiger partial charge on any atom is 0.168 e. The summed E-state index contributed by atoms with van der Waals surface area (Å²) in [6.45, 7) is 4.62. The summed E-state index contributed by atoms with van der Waals surface area (Å²) in [6.07, 6.45) is 3.31. The molecule has 0 N–H and O–H groups in total. The molecular weight excluding hydrogens is 240 g/mol. The first-order valence-corrected chi connectivity index (χ1v) is 6.86. The minimum atomic E-state index is -0.618. The van der Waals surface area contributed by atoms with Gasteiger partial charge in [-0.15, -0.1) is 0 Å². The first-order chi connectivity index (χ1) is 9.05. The van der Waals surface area contributed by atoms with Crippen LogP contribution >= 0.6 is 0 Å². The van der Waals surface area contributed by atoms with Crippen molar-refractivity contribution in [3.8, 4) is 5.75 Å². The fourth-order valence-corrected chi connectivity index (χ4v) is 2.56. The van der Waals surface area contributed by atoms with Crippen LogP contribution in [0.4, 0.5) is 0 Å². The quantitative estimate of drug-likeness (QED) is 0.836. The zero-order chi connectivity index (χ0) is 13.9. The van der Waals surface area contributed by atoms with Gasteiger partial charge in [-0.25, -0.2) is 0 Å². The summed E-state index contributed by atoms with van der Waals surface area (Å²) in [5.74, 6) is 0.925. The third kappa shape index (κ3) is 3.16. The molecule has 2 rings (SSSR count). The van der Waals surface area contributed by atoms with Gasteiger partial charge in [-0.2, -0.15) is 0 Å². The molecule has 19 heavy (non-hydrogen) atoms. The van der Waals surface area contributed by atoms with Gasteiger partial charge in [0.25, 0.3) is 0 Å². The molecule has 3 nitrogen and oxygen atoms in total. The monoisotopic (exact) mass is 262 g/mol. The second-order valence-corrected chi connectivity index (χ2v) is 5.45. The Morgan fingerprint density at radius 2 is 2.21 bits per heavy atom. The molecule has 0 radical (unpaired) electrons. The molecule has 104 valence electrons. The average Bonchev–Trinajstić information content (AvgIpc) is 2.40. The minimum Gasteiger partial charge on any atom is -0.496 e. The third-order valence-corrected chi connectivity index (χ3v) is 3.85. The van der Waals surface area contributed by atoms with E-state index in [1.165, 1.54) is 0 Å². The van der Waals surface area contributed by atoms with Crippen molar-refractivity contribution < 1.29 is 14.3 Å². The van der Waals surface area contributed by atoms with Gasteiger partial charge in [-0.1, -0.05) is 17.7 Å². The number of Topliss-reactive ketones (excluding diaryl/α,β-unsaturated/α-hetero) is 1. The average molecular weight is 262 g/mol. The summed E-state index contributed by atoms with van der Waals surface area (Å²) >= 11 is 0. The predicted molar refractivity (Wildman–Crippen MR) is 74.7 cm³/mol. The van der Waals surface area contributed by atoms with Gasteiger partial charge in [0.15, 0.2) is 5.78 Å². The van der Waals surface area contributed by atoms with Crippen molar-refractivity contribution in [3.63, 3.8) is 0 Å². The number of ether oxygens (including phenoxy) is 2. The lowest BCUT2D eigenvalue weighted by atomic mass is 9.88. The van der Waals surface area contributed by atoms with Crippen LogP contribution in [-0.4, -0.2) is 25.1 Å². The van der Waals surface area contributed by atoms with Crippen molar-refractivity contribution in [1.29, 1.82) is 0 Å². The Labute approximate surface area is 114 Å². The van der Waals surface area contributed by atoms with E-state index in [4.69, 9.17) is 9.47 Å². The fourth-order valence-electron chi connectivity index (χ4n) is 2.56. The van der Waals surface area contributed by atoms with E-state index in [1.807, 2.05) is 32.0 Å². The number of hydrogen-bond acceptors (Lipinski definition) is 3. The van der Waals surface area contributed by atoms with Crippen LogP contribution in [0.3, 0.4) is 0 Å². The molecule has 3 heteroatoms. The van der Waals surface area contributed by atoms with E-state index in [0.717, 1.165) is 36.1 Å². The highest BCUT2D eigenvalue weighted by atomic mass is 16.5. The van der Waals surface area contributed by atoms with Crippen molar-refractivity contribution in [2.75, 3.05) is 13.7 Å². The van der Waals surface area contributed by atoms with E-state index < -0.39 is 5.60 Å². The minimum absolute atomic E-state index is 0.149. The Balaban J connectivity index is 2.16. The lowest BCUT2D eigenvalue weighted by molar-refractivity contribution is -0.147. The van der Waals surface area contributed by atoms with Gasteiger partial charge < -0.3 is 9.47 Å². The Bertz CT molecular complexity index is 459. The number of rotatable bonds is 4. The second kappa shape index (κ2) is 5.74. The van der Waals surface area contributed by atoms with Gasteiger partial charge in [0, 0.05) is 18.6 Å². The van der Waals surface area contributed by atoms with Crippen molar-refractivity contribution in [2.24, 2.45) is 0 Å². The number of hydrogen-bond donors (Lipinski definition) is 0. The van der Waals surface area contributed by atoms with Crippen LogP contribution in [-0.2, 0) is 16.0 Å². The van der Waals surface area contributed by atoms with Gasteiger partial charge in [0.05, 0.1) is 7.11 Å². The zero-order valence-corrected chi connectivity index (χ0v) is 12.0. The normalized spacial score (nSPS) is 23.1. The zero-order valence-electron chi connectivity index (χ0n) is 12.0. The highest BCUT2D eigenvalue weighted by Crippen LogP contribution is 2.29. The summed E-state index contributed by atoms with van der Waals surface area (Å²) in [7, 11) is 1.64. The Hall–Kier alpha value is -1.35. The molecule has 0 saturated carbocycles. The molecule has 0 amide bonds. The van der Waals surface area contributed by atoms with E-state index in [1.54, 1.807) is 7.11 Å². The van der Waals surface area contributed by atoms with Crippen molar-refractivity contribution in [3.05, 3.63) is 29.3 Å². The van der Waals surface area contributed by atoms with E-state index in [2.05, 4.69) is 0 Å². The van der Waals surface area contributed by atoms with Gasteiger partial charge >= 0.3 is 0 Å². The highest BCUT2D eigenvalue weighted by Gasteiger charge is 2.35. The van der Waals surface area contributed by atoms with E-state index >= 15 is 0 Å². The smallest absolute Gasteiger partial charge is 0.168 e. The molecule has 0 aliphatic carbocycles. The first kappa shape index (κ1) is 14.1. The highest BCUT2D eigenvalue weighted by molar-refractivity contribution is 5.89. The Kier molecular flexibility index (Phi) is 4.25. The molecule has 1 aliphatic rings. The van der Waals surface area contributed by atoms with E-state index in [9.17, 15) is 4.79 Å². The lowest BCUT2D eigenvalue weighted by Crippen LogP contribution is -2.42. The molecule has 0 aromatic heterocycles. The van der Waals surface area contributed by atoms with Crippen molar-refractivity contribution >= 4 is 5.78 Å². The first-order valence-electron chi connectivity index (χ1n) is 6.86. The topological polar surface area (TPSA) is 35.5 Å². The van der Waals surface area contributed by atoms with Crippen molar-refractivity contribution in [1.82, 2.24) is 0 Å². The van der Waals surface area contributed by atoms with Gasteiger partial charge in [-0.3, -0.25) is 4.79 Å².